The Morgan fingerprint density at radius 1 is 1.37 bits per heavy atom. The summed E-state index contributed by atoms with van der Waals surface area (Å²) in [6, 6.07) is 4.15. The molecule has 0 amide bonds. The lowest BCUT2D eigenvalue weighted by Gasteiger charge is -2.08. The van der Waals surface area contributed by atoms with Crippen LogP contribution in [0.3, 0.4) is 0 Å². The number of carbonyl (C=O) groups excluding carboxylic acids is 1. The Bertz CT molecular complexity index is 352. The van der Waals surface area contributed by atoms with E-state index in [1.54, 1.807) is 7.11 Å². The van der Waals surface area contributed by atoms with Crippen molar-refractivity contribution in [2.24, 2.45) is 0 Å². The number of rotatable bonds is 7. The average molecular weight is 266 g/mol. The molecule has 0 aliphatic heterocycles. The van der Waals surface area contributed by atoms with Gasteiger partial charge in [0, 0.05) is 32.9 Å². The number of nitrogens with zero attached hydrogens (tertiary/aromatic N) is 1. The molecular weight excluding hydrogens is 240 g/mol. The van der Waals surface area contributed by atoms with Crippen LogP contribution in [0, 0.1) is 0 Å². The van der Waals surface area contributed by atoms with Crippen LogP contribution >= 0.6 is 0 Å². The number of methoxy groups -OCH3 is 1. The number of hydrogen-bond donors (Lipinski definition) is 1. The molecule has 0 saturated heterocycles. The average Bonchev–Trinajstić information content (AvgIpc) is 2.47. The van der Waals surface area contributed by atoms with Crippen LogP contribution in [0.15, 0.2) is 12.1 Å². The van der Waals surface area contributed by atoms with Crippen molar-refractivity contribution in [2.75, 3.05) is 26.1 Å². The van der Waals surface area contributed by atoms with E-state index in [2.05, 4.69) is 28.0 Å². The zero-order valence-corrected chi connectivity index (χ0v) is 12.5. The molecule has 0 atom stereocenters. The Balaban J connectivity index is 0.000000711. The molecule has 1 aromatic heterocycles. The monoisotopic (exact) mass is 266 g/mol. The van der Waals surface area contributed by atoms with E-state index in [0.29, 0.717) is 6.42 Å². The number of aryl methyl sites for hydroxylation is 2. The molecule has 0 unspecified atom stereocenters. The summed E-state index contributed by atoms with van der Waals surface area (Å²) in [7, 11) is 3.57. The Kier molecular flexibility index (Phi) is 10.8. The first kappa shape index (κ1) is 17.6. The normalized spacial score (nSPS) is 9.47. The van der Waals surface area contributed by atoms with E-state index < -0.39 is 0 Å². The summed E-state index contributed by atoms with van der Waals surface area (Å²) in [5, 5.41) is 3.10. The Hall–Kier alpha value is -1.42. The molecule has 4 nitrogen and oxygen atoms in total. The summed E-state index contributed by atoms with van der Waals surface area (Å²) >= 11 is 0. The van der Waals surface area contributed by atoms with Crippen LogP contribution in [0.4, 0.5) is 5.82 Å². The lowest BCUT2D eigenvalue weighted by Crippen LogP contribution is -2.01. The second kappa shape index (κ2) is 11.7. The zero-order valence-electron chi connectivity index (χ0n) is 12.5. The largest absolute Gasteiger partial charge is 0.385 e. The lowest BCUT2D eigenvalue weighted by atomic mass is 10.1. The molecule has 0 fully saturated rings. The molecule has 0 bridgehead atoms. The van der Waals surface area contributed by atoms with Crippen LogP contribution in [-0.2, 0) is 22.4 Å². The highest BCUT2D eigenvalue weighted by Crippen LogP contribution is 2.14. The molecule has 1 N–H and O–H groups in total. The second-order valence-corrected chi connectivity index (χ2v) is 4.05. The smallest absolute Gasteiger partial charge is 0.129 e. The van der Waals surface area contributed by atoms with Crippen LogP contribution in [-0.4, -0.2) is 32.0 Å². The zero-order chi connectivity index (χ0) is 14.5. The maximum atomic E-state index is 10.2. The summed E-state index contributed by atoms with van der Waals surface area (Å²) in [5.41, 5.74) is 2.29. The predicted molar refractivity (Wildman–Crippen MR) is 79.7 cm³/mol. The van der Waals surface area contributed by atoms with Crippen molar-refractivity contribution in [3.8, 4) is 0 Å². The SMILES string of the molecule is CCOC.CCc1ccc(CCCC=O)nc1NC. The molecule has 4 heteroatoms. The fourth-order valence-electron chi connectivity index (χ4n) is 1.54. The Morgan fingerprint density at radius 3 is 2.53 bits per heavy atom. The van der Waals surface area contributed by atoms with Crippen molar-refractivity contribution in [2.45, 2.75) is 39.5 Å². The van der Waals surface area contributed by atoms with Gasteiger partial charge in [0.1, 0.15) is 12.1 Å². The minimum Gasteiger partial charge on any atom is -0.385 e. The van der Waals surface area contributed by atoms with Gasteiger partial charge in [-0.1, -0.05) is 13.0 Å². The van der Waals surface area contributed by atoms with Gasteiger partial charge in [-0.3, -0.25) is 0 Å². The molecule has 19 heavy (non-hydrogen) atoms. The van der Waals surface area contributed by atoms with Gasteiger partial charge in [0.2, 0.25) is 0 Å². The van der Waals surface area contributed by atoms with E-state index in [0.717, 1.165) is 43.7 Å². The quantitative estimate of drug-likeness (QED) is 0.609. The molecule has 0 aliphatic rings. The van der Waals surface area contributed by atoms with Crippen molar-refractivity contribution < 1.29 is 9.53 Å². The number of aldehydes is 1. The van der Waals surface area contributed by atoms with Gasteiger partial charge < -0.3 is 14.8 Å². The molecule has 1 heterocycles. The third-order valence-corrected chi connectivity index (χ3v) is 2.70. The highest BCUT2D eigenvalue weighted by Gasteiger charge is 2.02. The van der Waals surface area contributed by atoms with Gasteiger partial charge >= 0.3 is 0 Å². The number of unbranched alkanes of at least 4 members (excludes halogenated alkanes) is 1. The number of hydrogen-bond acceptors (Lipinski definition) is 4. The Morgan fingerprint density at radius 2 is 2.05 bits per heavy atom. The van der Waals surface area contributed by atoms with Gasteiger partial charge in [-0.15, -0.1) is 0 Å². The number of anilines is 1. The standard InChI is InChI=1S/C12H18N2O.C3H8O/c1-3-10-7-8-11(6-4-5-9-15)14-12(10)13-2;1-3-4-2/h7-9H,3-6H2,1-2H3,(H,13,14);3H2,1-2H3. The van der Waals surface area contributed by atoms with Gasteiger partial charge in [-0.25, -0.2) is 4.98 Å². The number of ether oxygens (including phenoxy) is 1. The van der Waals surface area contributed by atoms with E-state index in [4.69, 9.17) is 0 Å². The summed E-state index contributed by atoms with van der Waals surface area (Å²) in [5.74, 6) is 0.959. The fraction of sp³-hybridized carbons (Fsp3) is 0.600. The van der Waals surface area contributed by atoms with E-state index in [1.807, 2.05) is 20.0 Å². The summed E-state index contributed by atoms with van der Waals surface area (Å²) in [6.07, 6.45) is 4.31. The van der Waals surface area contributed by atoms with Gasteiger partial charge in [0.15, 0.2) is 0 Å². The van der Waals surface area contributed by atoms with Crippen LogP contribution in [0.2, 0.25) is 0 Å². The topological polar surface area (TPSA) is 51.2 Å². The van der Waals surface area contributed by atoms with Crippen molar-refractivity contribution in [3.05, 3.63) is 23.4 Å². The first-order chi connectivity index (χ1) is 9.23. The molecule has 1 aromatic rings. The summed E-state index contributed by atoms with van der Waals surface area (Å²) in [6.45, 7) is 4.89. The third kappa shape index (κ3) is 7.57. The number of carbonyl (C=O) groups is 1. The maximum absolute atomic E-state index is 10.2. The highest BCUT2D eigenvalue weighted by molar-refractivity contribution is 5.49. The van der Waals surface area contributed by atoms with Gasteiger partial charge in [-0.2, -0.15) is 0 Å². The fourth-order valence-corrected chi connectivity index (χ4v) is 1.54. The molecule has 0 aliphatic carbocycles. The first-order valence-electron chi connectivity index (χ1n) is 6.82. The third-order valence-electron chi connectivity index (χ3n) is 2.70. The molecule has 0 saturated carbocycles. The van der Waals surface area contributed by atoms with Crippen molar-refractivity contribution in [3.63, 3.8) is 0 Å². The molecule has 0 aromatic carbocycles. The van der Waals surface area contributed by atoms with Gasteiger partial charge in [0.25, 0.3) is 0 Å². The molecule has 0 spiro atoms. The number of aromatic nitrogens is 1. The van der Waals surface area contributed by atoms with Gasteiger partial charge in [0.05, 0.1) is 0 Å². The number of pyridine rings is 1. The van der Waals surface area contributed by atoms with E-state index in [1.165, 1.54) is 5.56 Å². The van der Waals surface area contributed by atoms with Crippen molar-refractivity contribution >= 4 is 12.1 Å². The van der Waals surface area contributed by atoms with Crippen LogP contribution in [0.5, 0.6) is 0 Å². The first-order valence-corrected chi connectivity index (χ1v) is 6.82. The van der Waals surface area contributed by atoms with Crippen molar-refractivity contribution in [1.29, 1.82) is 0 Å². The maximum Gasteiger partial charge on any atom is 0.129 e. The molecular formula is C15H26N2O2. The highest BCUT2D eigenvalue weighted by atomic mass is 16.5. The Labute approximate surface area is 116 Å². The summed E-state index contributed by atoms with van der Waals surface area (Å²) in [4.78, 5) is 14.7. The van der Waals surface area contributed by atoms with E-state index >= 15 is 0 Å². The van der Waals surface area contributed by atoms with E-state index in [9.17, 15) is 4.79 Å². The van der Waals surface area contributed by atoms with Crippen LogP contribution in [0.25, 0.3) is 0 Å². The molecule has 1 rings (SSSR count). The molecule has 108 valence electrons. The summed E-state index contributed by atoms with van der Waals surface area (Å²) < 4.78 is 4.54. The molecule has 0 radical (unpaired) electrons. The van der Waals surface area contributed by atoms with Crippen molar-refractivity contribution in [1.82, 2.24) is 4.98 Å². The van der Waals surface area contributed by atoms with Crippen LogP contribution in [0.1, 0.15) is 37.9 Å². The van der Waals surface area contributed by atoms with E-state index in [-0.39, 0.29) is 0 Å². The number of nitrogens with one attached hydrogen (secondary N) is 1. The van der Waals surface area contributed by atoms with Crippen LogP contribution < -0.4 is 5.32 Å². The minimum atomic E-state index is 0.617. The lowest BCUT2D eigenvalue weighted by molar-refractivity contribution is -0.107. The van der Waals surface area contributed by atoms with Gasteiger partial charge in [-0.05, 0) is 37.8 Å². The minimum absolute atomic E-state index is 0.617. The second-order valence-electron chi connectivity index (χ2n) is 4.05. The predicted octanol–water partition coefficient (Wildman–Crippen LogP) is 2.86.